The molecule has 1 aliphatic heterocycles. The van der Waals surface area contributed by atoms with Gasteiger partial charge in [-0.05, 0) is 6.07 Å². The van der Waals surface area contributed by atoms with E-state index < -0.39 is 24.0 Å². The van der Waals surface area contributed by atoms with Crippen molar-refractivity contribution in [1.29, 1.82) is 0 Å². The Morgan fingerprint density at radius 2 is 2.00 bits per heavy atom. The second-order valence-corrected chi connectivity index (χ2v) is 6.55. The SMILES string of the molecule is O=C(COC(=O)c1cc(=O)[nH]c2ccccc12)NCCN1C(=O)CSC1=O. The molecule has 2 N–H and O–H groups in total. The number of imide groups is 1. The van der Waals surface area contributed by atoms with Crippen molar-refractivity contribution in [1.82, 2.24) is 15.2 Å². The minimum Gasteiger partial charge on any atom is -0.452 e. The van der Waals surface area contributed by atoms with Gasteiger partial charge in [-0.2, -0.15) is 0 Å². The third-order valence-electron chi connectivity index (χ3n) is 3.80. The number of benzene rings is 1. The van der Waals surface area contributed by atoms with E-state index in [1.165, 1.54) is 0 Å². The van der Waals surface area contributed by atoms with Crippen LogP contribution < -0.4 is 10.9 Å². The summed E-state index contributed by atoms with van der Waals surface area (Å²) in [5, 5.41) is 2.63. The largest absolute Gasteiger partial charge is 0.452 e. The van der Waals surface area contributed by atoms with Crippen molar-refractivity contribution >= 4 is 45.7 Å². The van der Waals surface area contributed by atoms with Gasteiger partial charge in [0.25, 0.3) is 11.1 Å². The highest BCUT2D eigenvalue weighted by Gasteiger charge is 2.29. The molecule has 0 bridgehead atoms. The molecular formula is C17H15N3O6S. The number of carbonyl (C=O) groups is 4. The number of amides is 3. The highest BCUT2D eigenvalue weighted by atomic mass is 32.2. The number of hydrogen-bond acceptors (Lipinski definition) is 7. The summed E-state index contributed by atoms with van der Waals surface area (Å²) in [4.78, 5) is 62.2. The molecule has 0 unspecified atom stereocenters. The number of nitrogens with zero attached hydrogens (tertiary/aromatic N) is 1. The molecule has 2 aromatic rings. The highest BCUT2D eigenvalue weighted by molar-refractivity contribution is 8.14. The molecule has 140 valence electrons. The first-order valence-electron chi connectivity index (χ1n) is 7.99. The van der Waals surface area contributed by atoms with E-state index in [4.69, 9.17) is 4.74 Å². The second-order valence-electron chi connectivity index (χ2n) is 5.62. The molecule has 1 aliphatic rings. The number of ether oxygens (including phenoxy) is 1. The van der Waals surface area contributed by atoms with E-state index in [0.29, 0.717) is 10.9 Å². The van der Waals surface area contributed by atoms with Crippen molar-refractivity contribution in [3.63, 3.8) is 0 Å². The van der Waals surface area contributed by atoms with E-state index in [1.807, 2.05) is 0 Å². The first kappa shape index (κ1) is 18.6. The summed E-state index contributed by atoms with van der Waals surface area (Å²) in [5.41, 5.74) is 0.0922. The van der Waals surface area contributed by atoms with E-state index in [-0.39, 0.29) is 35.6 Å². The van der Waals surface area contributed by atoms with E-state index in [0.717, 1.165) is 22.7 Å². The molecule has 0 radical (unpaired) electrons. The maximum absolute atomic E-state index is 12.2. The zero-order valence-electron chi connectivity index (χ0n) is 14.0. The fourth-order valence-electron chi connectivity index (χ4n) is 2.54. The van der Waals surface area contributed by atoms with Gasteiger partial charge in [-0.25, -0.2) is 4.79 Å². The number of pyridine rings is 1. The molecule has 0 spiro atoms. The Kier molecular flexibility index (Phi) is 5.55. The topological polar surface area (TPSA) is 126 Å². The molecule has 1 fully saturated rings. The number of aromatic nitrogens is 1. The Labute approximate surface area is 157 Å². The van der Waals surface area contributed by atoms with Gasteiger partial charge >= 0.3 is 5.97 Å². The third kappa shape index (κ3) is 4.34. The number of para-hydroxylation sites is 1. The smallest absolute Gasteiger partial charge is 0.339 e. The predicted molar refractivity (Wildman–Crippen MR) is 97.4 cm³/mol. The van der Waals surface area contributed by atoms with Crippen molar-refractivity contribution in [2.24, 2.45) is 0 Å². The van der Waals surface area contributed by atoms with Crippen LogP contribution >= 0.6 is 11.8 Å². The van der Waals surface area contributed by atoms with Crippen LogP contribution in [0.25, 0.3) is 10.9 Å². The molecule has 3 rings (SSSR count). The monoisotopic (exact) mass is 389 g/mol. The predicted octanol–water partition coefficient (Wildman–Crippen LogP) is 0.496. The number of aromatic amines is 1. The fourth-order valence-corrected chi connectivity index (χ4v) is 3.29. The van der Waals surface area contributed by atoms with E-state index in [1.54, 1.807) is 24.3 Å². The van der Waals surface area contributed by atoms with Gasteiger partial charge in [-0.15, -0.1) is 0 Å². The second kappa shape index (κ2) is 8.04. The highest BCUT2D eigenvalue weighted by Crippen LogP contribution is 2.17. The molecule has 1 aromatic carbocycles. The quantitative estimate of drug-likeness (QED) is 0.689. The summed E-state index contributed by atoms with van der Waals surface area (Å²) >= 11 is 0.913. The van der Waals surface area contributed by atoms with Gasteiger partial charge in [0.1, 0.15) is 0 Å². The molecule has 0 atom stereocenters. The molecular weight excluding hydrogens is 374 g/mol. The normalized spacial score (nSPS) is 13.9. The van der Waals surface area contributed by atoms with Crippen LogP contribution in [0, 0.1) is 0 Å². The van der Waals surface area contributed by atoms with Crippen LogP contribution in [0.15, 0.2) is 35.1 Å². The average Bonchev–Trinajstić information content (AvgIpc) is 2.97. The number of H-pyrrole nitrogens is 1. The number of esters is 1. The average molecular weight is 389 g/mol. The number of thioether (sulfide) groups is 1. The van der Waals surface area contributed by atoms with E-state index in [2.05, 4.69) is 10.3 Å². The maximum atomic E-state index is 12.2. The van der Waals surface area contributed by atoms with Gasteiger partial charge in [0.2, 0.25) is 11.5 Å². The van der Waals surface area contributed by atoms with Crippen LogP contribution in [0.3, 0.4) is 0 Å². The summed E-state index contributed by atoms with van der Waals surface area (Å²) in [6, 6.07) is 7.85. The van der Waals surface area contributed by atoms with Crippen molar-refractivity contribution in [2.45, 2.75) is 0 Å². The Bertz CT molecular complexity index is 970. The van der Waals surface area contributed by atoms with Gasteiger partial charge in [-0.3, -0.25) is 24.1 Å². The van der Waals surface area contributed by atoms with Crippen LogP contribution in [0.5, 0.6) is 0 Å². The van der Waals surface area contributed by atoms with Crippen LogP contribution in [0.1, 0.15) is 10.4 Å². The summed E-state index contributed by atoms with van der Waals surface area (Å²) in [6.45, 7) is -0.429. The zero-order chi connectivity index (χ0) is 19.4. The maximum Gasteiger partial charge on any atom is 0.339 e. The summed E-state index contributed by atoms with van der Waals surface area (Å²) in [5.74, 6) is -1.57. The van der Waals surface area contributed by atoms with Gasteiger partial charge in [0, 0.05) is 30.1 Å². The van der Waals surface area contributed by atoms with Gasteiger partial charge < -0.3 is 15.0 Å². The summed E-state index contributed by atoms with van der Waals surface area (Å²) < 4.78 is 4.96. The minimum absolute atomic E-state index is 0.0579. The molecule has 9 nitrogen and oxygen atoms in total. The lowest BCUT2D eigenvalue weighted by Crippen LogP contribution is -2.38. The Balaban J connectivity index is 1.53. The molecule has 0 aliphatic carbocycles. The molecule has 1 aromatic heterocycles. The number of nitrogens with one attached hydrogen (secondary N) is 2. The number of hydrogen-bond donors (Lipinski definition) is 2. The zero-order valence-corrected chi connectivity index (χ0v) is 14.8. The van der Waals surface area contributed by atoms with Gasteiger partial charge in [0.05, 0.1) is 11.3 Å². The van der Waals surface area contributed by atoms with Crippen molar-refractivity contribution in [3.05, 3.63) is 46.2 Å². The number of carbonyl (C=O) groups excluding carboxylic acids is 4. The lowest BCUT2D eigenvalue weighted by molar-refractivity contribution is -0.126. The lowest BCUT2D eigenvalue weighted by Gasteiger charge is -2.13. The first-order valence-corrected chi connectivity index (χ1v) is 8.97. The van der Waals surface area contributed by atoms with Gasteiger partial charge in [0.15, 0.2) is 6.61 Å². The van der Waals surface area contributed by atoms with E-state index >= 15 is 0 Å². The van der Waals surface area contributed by atoms with Crippen molar-refractivity contribution in [3.8, 4) is 0 Å². The number of rotatable bonds is 6. The summed E-state index contributed by atoms with van der Waals surface area (Å²) in [7, 11) is 0. The molecule has 2 heterocycles. The molecule has 3 amide bonds. The first-order chi connectivity index (χ1) is 13.0. The van der Waals surface area contributed by atoms with E-state index in [9.17, 15) is 24.0 Å². The standard InChI is InChI=1S/C17H15N3O6S/c21-13-7-11(10-3-1-2-4-12(10)19-13)16(24)26-8-14(22)18-5-6-20-15(23)9-27-17(20)25/h1-4,7H,5-6,8-9H2,(H,18,22)(H,19,21). The van der Waals surface area contributed by atoms with Crippen LogP contribution in [-0.2, 0) is 14.3 Å². The Morgan fingerprint density at radius 3 is 2.74 bits per heavy atom. The third-order valence-corrected chi connectivity index (χ3v) is 4.66. The van der Waals surface area contributed by atoms with Crippen LogP contribution in [0.4, 0.5) is 4.79 Å². The Hall–Kier alpha value is -3.14. The van der Waals surface area contributed by atoms with Gasteiger partial charge in [-0.1, -0.05) is 30.0 Å². The Morgan fingerprint density at radius 1 is 1.22 bits per heavy atom. The fraction of sp³-hybridized carbons (Fsp3) is 0.235. The van der Waals surface area contributed by atoms with Crippen molar-refractivity contribution in [2.75, 3.05) is 25.4 Å². The molecule has 27 heavy (non-hydrogen) atoms. The lowest BCUT2D eigenvalue weighted by atomic mass is 10.1. The van der Waals surface area contributed by atoms with Crippen LogP contribution in [0.2, 0.25) is 0 Å². The minimum atomic E-state index is -0.797. The van der Waals surface area contributed by atoms with Crippen molar-refractivity contribution < 1.29 is 23.9 Å². The number of fused-ring (bicyclic) bond motifs is 1. The summed E-state index contributed by atoms with van der Waals surface area (Å²) in [6.07, 6.45) is 0. The van der Waals surface area contributed by atoms with Crippen LogP contribution in [-0.4, -0.2) is 58.4 Å². The molecule has 10 heteroatoms. The molecule has 0 saturated carbocycles. The molecule has 1 saturated heterocycles.